The number of fused-ring (bicyclic) bond motifs is 2. The highest BCUT2D eigenvalue weighted by Gasteiger charge is 2.18. The van der Waals surface area contributed by atoms with Crippen LogP contribution in [-0.4, -0.2) is 43.3 Å². The molecule has 0 unspecified atom stereocenters. The van der Waals surface area contributed by atoms with Gasteiger partial charge in [0.2, 0.25) is 0 Å². The van der Waals surface area contributed by atoms with Crippen LogP contribution in [-0.2, 0) is 0 Å². The van der Waals surface area contributed by atoms with Gasteiger partial charge >= 0.3 is 0 Å². The summed E-state index contributed by atoms with van der Waals surface area (Å²) in [5.41, 5.74) is 6.78. The van der Waals surface area contributed by atoms with E-state index >= 15 is 0 Å². The first-order valence-corrected chi connectivity index (χ1v) is 13.4. The summed E-state index contributed by atoms with van der Waals surface area (Å²) >= 11 is 0. The van der Waals surface area contributed by atoms with Gasteiger partial charge in [0.15, 0.2) is 0 Å². The molecule has 7 rings (SSSR count). The van der Waals surface area contributed by atoms with Gasteiger partial charge in [0.05, 0.1) is 42.0 Å². The minimum absolute atomic E-state index is 0.247. The maximum absolute atomic E-state index is 14.3. The van der Waals surface area contributed by atoms with E-state index in [0.717, 1.165) is 57.5 Å². The third-order valence-electron chi connectivity index (χ3n) is 7.46. The average molecular weight is 535 g/mol. The number of benzene rings is 1. The highest BCUT2D eigenvalue weighted by molar-refractivity contribution is 5.99. The fourth-order valence-corrected chi connectivity index (χ4v) is 5.48. The number of hydrogen-bond acceptors (Lipinski definition) is 6. The van der Waals surface area contributed by atoms with E-state index in [9.17, 15) is 4.39 Å². The molecule has 1 aromatic carbocycles. The molecule has 0 saturated heterocycles. The van der Waals surface area contributed by atoms with Crippen LogP contribution in [0.5, 0.6) is 11.5 Å². The molecule has 0 bridgehead atoms. The van der Waals surface area contributed by atoms with Gasteiger partial charge in [-0.2, -0.15) is 5.10 Å². The van der Waals surface area contributed by atoms with E-state index < -0.39 is 0 Å². The van der Waals surface area contributed by atoms with Crippen molar-refractivity contribution >= 4 is 21.9 Å². The van der Waals surface area contributed by atoms with Crippen molar-refractivity contribution in [2.45, 2.75) is 38.2 Å². The highest BCUT2D eigenvalue weighted by Crippen LogP contribution is 2.35. The van der Waals surface area contributed by atoms with E-state index in [1.807, 2.05) is 30.3 Å². The van der Waals surface area contributed by atoms with Crippen molar-refractivity contribution in [1.29, 1.82) is 0 Å². The van der Waals surface area contributed by atoms with Crippen LogP contribution in [0.25, 0.3) is 55.8 Å². The molecule has 0 radical (unpaired) electrons. The van der Waals surface area contributed by atoms with E-state index in [2.05, 4.69) is 25.1 Å². The molecule has 0 aliphatic heterocycles. The largest absolute Gasteiger partial charge is 0.497 e. The van der Waals surface area contributed by atoms with Crippen molar-refractivity contribution < 1.29 is 13.9 Å². The zero-order chi connectivity index (χ0) is 27.1. The maximum Gasteiger partial charge on any atom is 0.138 e. The van der Waals surface area contributed by atoms with Crippen LogP contribution in [0.4, 0.5) is 4.39 Å². The van der Waals surface area contributed by atoms with E-state index in [0.29, 0.717) is 22.7 Å². The van der Waals surface area contributed by atoms with Crippen molar-refractivity contribution in [3.63, 3.8) is 0 Å². The van der Waals surface area contributed by atoms with Crippen LogP contribution < -0.4 is 9.47 Å². The Labute approximate surface area is 229 Å². The molecule has 200 valence electrons. The molecule has 0 atom stereocenters. The van der Waals surface area contributed by atoms with Gasteiger partial charge in [-0.1, -0.05) is 6.42 Å². The smallest absolute Gasteiger partial charge is 0.138 e. The molecule has 1 fully saturated rings. The van der Waals surface area contributed by atoms with Gasteiger partial charge in [0.25, 0.3) is 0 Å². The molecule has 40 heavy (non-hydrogen) atoms. The number of nitrogens with zero attached hydrogens (tertiary/aromatic N) is 4. The van der Waals surface area contributed by atoms with Crippen LogP contribution in [0.3, 0.4) is 0 Å². The molecule has 6 aromatic rings. The lowest BCUT2D eigenvalue weighted by Gasteiger charge is -2.22. The lowest BCUT2D eigenvalue weighted by molar-refractivity contribution is 0.154. The molecule has 0 amide bonds. The van der Waals surface area contributed by atoms with Crippen molar-refractivity contribution in [2.24, 2.45) is 0 Å². The Bertz CT molecular complexity index is 1840. The van der Waals surface area contributed by atoms with Crippen molar-refractivity contribution in [3.05, 3.63) is 72.9 Å². The Morgan fingerprint density at radius 1 is 0.875 bits per heavy atom. The van der Waals surface area contributed by atoms with Crippen molar-refractivity contribution in [3.8, 4) is 45.4 Å². The lowest BCUT2D eigenvalue weighted by atomic mass is 9.98. The molecular weight excluding hydrogens is 507 g/mol. The van der Waals surface area contributed by atoms with Gasteiger partial charge in [-0.25, -0.2) is 9.37 Å². The fourth-order valence-electron chi connectivity index (χ4n) is 5.48. The minimum atomic E-state index is -0.387. The van der Waals surface area contributed by atoms with E-state index in [4.69, 9.17) is 14.5 Å². The van der Waals surface area contributed by atoms with Gasteiger partial charge < -0.3 is 14.5 Å². The molecule has 0 spiro atoms. The van der Waals surface area contributed by atoms with Crippen LogP contribution in [0.1, 0.15) is 32.1 Å². The maximum atomic E-state index is 14.3. The second-order valence-corrected chi connectivity index (χ2v) is 10.1. The highest BCUT2D eigenvalue weighted by atomic mass is 19.1. The molecule has 8 nitrogen and oxygen atoms in total. The third-order valence-corrected chi connectivity index (χ3v) is 7.46. The summed E-state index contributed by atoms with van der Waals surface area (Å²) in [4.78, 5) is 17.4. The molecule has 1 aliphatic rings. The summed E-state index contributed by atoms with van der Waals surface area (Å²) < 4.78 is 25.8. The van der Waals surface area contributed by atoms with Gasteiger partial charge in [0.1, 0.15) is 28.5 Å². The van der Waals surface area contributed by atoms with E-state index in [-0.39, 0.29) is 11.9 Å². The number of aromatic amines is 2. The summed E-state index contributed by atoms with van der Waals surface area (Å²) in [7, 11) is 1.51. The Hall–Kier alpha value is -4.79. The molecule has 9 heteroatoms. The molecule has 2 N–H and O–H groups in total. The van der Waals surface area contributed by atoms with Gasteiger partial charge in [0, 0.05) is 40.5 Å². The topological polar surface area (TPSA) is 102 Å². The third kappa shape index (κ3) is 4.53. The zero-order valence-electron chi connectivity index (χ0n) is 21.9. The number of aromatic nitrogens is 6. The van der Waals surface area contributed by atoms with Crippen LogP contribution in [0.15, 0.2) is 67.1 Å². The number of methoxy groups -OCH3 is 1. The minimum Gasteiger partial charge on any atom is -0.497 e. The summed E-state index contributed by atoms with van der Waals surface area (Å²) in [6.45, 7) is 0. The number of nitrogens with one attached hydrogen (secondary N) is 2. The van der Waals surface area contributed by atoms with Gasteiger partial charge in [-0.15, -0.1) is 0 Å². The van der Waals surface area contributed by atoms with Crippen molar-refractivity contribution in [1.82, 2.24) is 30.1 Å². The summed E-state index contributed by atoms with van der Waals surface area (Å²) in [6.07, 6.45) is 11.4. The monoisotopic (exact) mass is 534 g/mol. The Morgan fingerprint density at radius 2 is 1.75 bits per heavy atom. The second kappa shape index (κ2) is 10.1. The number of H-pyrrole nitrogens is 2. The standard InChI is InChI=1S/C31H27FN6O2/c1-39-22-12-18(11-20(32)14-22)29-24-15-28(35-26(24)9-10-34-29)31-30-27(37-38-31)8-7-25(36-30)19-13-23(17-33-16-19)40-21-5-3-2-4-6-21/h7-17,21,35H,2-6H2,1H3,(H,37,38). The van der Waals surface area contributed by atoms with E-state index in [1.165, 1.54) is 38.5 Å². The molecule has 5 heterocycles. The first-order chi connectivity index (χ1) is 19.6. The Balaban J connectivity index is 1.26. The van der Waals surface area contributed by atoms with Crippen LogP contribution in [0, 0.1) is 5.82 Å². The average Bonchev–Trinajstić information content (AvgIpc) is 3.61. The SMILES string of the molecule is COc1cc(F)cc(-c2nccc3[nH]c(-c4n[nH]c5ccc(-c6cncc(OC7CCCCC7)c6)nc45)cc23)c1. The van der Waals surface area contributed by atoms with Crippen LogP contribution in [0.2, 0.25) is 0 Å². The Kier molecular flexibility index (Phi) is 6.11. The van der Waals surface area contributed by atoms with E-state index in [1.54, 1.807) is 24.7 Å². The first kappa shape index (κ1) is 24.3. The number of hydrogen-bond donors (Lipinski definition) is 2. The fraction of sp³-hybridized carbons (Fsp3) is 0.226. The lowest BCUT2D eigenvalue weighted by Crippen LogP contribution is -2.19. The quantitative estimate of drug-likeness (QED) is 0.237. The number of halogens is 1. The van der Waals surface area contributed by atoms with Gasteiger partial charge in [-0.05, 0) is 68.1 Å². The molecular formula is C31H27FN6O2. The normalized spacial score (nSPS) is 14.2. The Morgan fingerprint density at radius 3 is 2.62 bits per heavy atom. The van der Waals surface area contributed by atoms with Gasteiger partial charge in [-0.3, -0.25) is 15.1 Å². The summed E-state index contributed by atoms with van der Waals surface area (Å²) in [5.74, 6) is 0.812. The number of ether oxygens (including phenoxy) is 2. The second-order valence-electron chi connectivity index (χ2n) is 10.1. The summed E-state index contributed by atoms with van der Waals surface area (Å²) in [5, 5.41) is 8.51. The van der Waals surface area contributed by atoms with Crippen molar-refractivity contribution in [2.75, 3.05) is 7.11 Å². The molecule has 5 aromatic heterocycles. The number of pyridine rings is 3. The zero-order valence-corrected chi connectivity index (χ0v) is 21.9. The van der Waals surface area contributed by atoms with Crippen LogP contribution >= 0.6 is 0 Å². The molecule has 1 aliphatic carbocycles. The predicted molar refractivity (Wildman–Crippen MR) is 152 cm³/mol. The first-order valence-electron chi connectivity index (χ1n) is 13.4. The summed E-state index contributed by atoms with van der Waals surface area (Å²) in [6, 6.07) is 14.4. The predicted octanol–water partition coefficient (Wildman–Crippen LogP) is 7.09. The number of rotatable bonds is 6. The molecule has 1 saturated carbocycles.